The van der Waals surface area contributed by atoms with Crippen molar-refractivity contribution in [1.29, 1.82) is 0 Å². The van der Waals surface area contributed by atoms with Crippen molar-refractivity contribution in [3.63, 3.8) is 0 Å². The molecule has 0 spiro atoms. The van der Waals surface area contributed by atoms with Crippen LogP contribution in [0.5, 0.6) is 5.75 Å². The molecule has 0 saturated heterocycles. The third kappa shape index (κ3) is 10.0. The minimum absolute atomic E-state index is 0.0683. The molecule has 0 bridgehead atoms. The summed E-state index contributed by atoms with van der Waals surface area (Å²) in [7, 11) is -3.15. The lowest BCUT2D eigenvalue weighted by Crippen LogP contribution is -2.38. The molecule has 5 nitrogen and oxygen atoms in total. The molecule has 2 rings (SSSR count). The summed E-state index contributed by atoms with van der Waals surface area (Å²) in [5, 5.41) is -1.18. The minimum atomic E-state index is -4.54. The molecule has 0 aromatic heterocycles. The van der Waals surface area contributed by atoms with Crippen molar-refractivity contribution >= 4 is 13.3 Å². The van der Waals surface area contributed by atoms with Crippen molar-refractivity contribution in [1.82, 2.24) is 0 Å². The smallest absolute Gasteiger partial charge is 0.419 e. The molecule has 0 saturated carbocycles. The van der Waals surface area contributed by atoms with Gasteiger partial charge in [-0.05, 0) is 48.8 Å². The van der Waals surface area contributed by atoms with Crippen molar-refractivity contribution < 1.29 is 31.7 Å². The molecule has 0 amide bonds. The monoisotopic (exact) mass is 603 g/mol. The zero-order valence-corrected chi connectivity index (χ0v) is 27.8. The van der Waals surface area contributed by atoms with Gasteiger partial charge in [0.2, 0.25) is 7.37 Å². The number of benzene rings is 1. The summed E-state index contributed by atoms with van der Waals surface area (Å²) in [5.74, 6) is 1.40. The van der Waals surface area contributed by atoms with E-state index in [0.717, 1.165) is 19.3 Å². The van der Waals surface area contributed by atoms with E-state index in [1.54, 1.807) is 13.0 Å². The molecule has 9 heteroatoms. The second-order valence-corrected chi connectivity index (χ2v) is 18.3. The van der Waals surface area contributed by atoms with E-state index < -0.39 is 35.0 Å². The van der Waals surface area contributed by atoms with Crippen LogP contribution < -0.4 is 4.74 Å². The molecule has 1 heterocycles. The normalized spacial score (nSPS) is 19.3. The number of ether oxygens (including phenoxy) is 2. The van der Waals surface area contributed by atoms with E-state index in [0.29, 0.717) is 42.6 Å². The highest BCUT2D eigenvalue weighted by Crippen LogP contribution is 2.67. The van der Waals surface area contributed by atoms with E-state index in [4.69, 9.17) is 14.0 Å². The Morgan fingerprint density at radius 3 is 2.17 bits per heavy atom. The first-order valence-corrected chi connectivity index (χ1v) is 16.6. The SMILES string of the molecule is CC1=NC(CCc2ccc(OCC[C@H](C)CCCC(C)C)c(C(F)(F)F)c2)(COP(=O)(C(C)(C)C)C(C)(C)C)CO1. The van der Waals surface area contributed by atoms with Gasteiger partial charge in [0.15, 0.2) is 5.90 Å². The van der Waals surface area contributed by atoms with Crippen LogP contribution in [0.3, 0.4) is 0 Å². The fraction of sp³-hybridized carbons (Fsp3) is 0.781. The Hall–Kier alpha value is -1.53. The van der Waals surface area contributed by atoms with E-state index >= 15 is 0 Å². The molecular weight excluding hydrogens is 550 g/mol. The average Bonchev–Trinajstić information content (AvgIpc) is 3.20. The molecule has 41 heavy (non-hydrogen) atoms. The molecule has 2 atom stereocenters. The third-order valence-corrected chi connectivity index (χ3v) is 11.8. The van der Waals surface area contributed by atoms with Gasteiger partial charge in [-0.15, -0.1) is 0 Å². The first-order chi connectivity index (χ1) is 18.7. The maximum absolute atomic E-state index is 14.1. The van der Waals surface area contributed by atoms with Crippen LogP contribution in [0.2, 0.25) is 0 Å². The number of rotatable bonds is 14. The van der Waals surface area contributed by atoms with Crippen molar-refractivity contribution in [3.05, 3.63) is 29.3 Å². The zero-order valence-electron chi connectivity index (χ0n) is 26.9. The van der Waals surface area contributed by atoms with Crippen molar-refractivity contribution in [2.75, 3.05) is 19.8 Å². The van der Waals surface area contributed by atoms with Crippen LogP contribution in [-0.2, 0) is 26.4 Å². The summed E-state index contributed by atoms with van der Waals surface area (Å²) < 4.78 is 73.7. The number of hydrogen-bond donors (Lipinski definition) is 0. The molecule has 1 aliphatic heterocycles. The lowest BCUT2D eigenvalue weighted by atomic mass is 9.93. The molecule has 1 aromatic rings. The maximum Gasteiger partial charge on any atom is 0.419 e. The molecular formula is C32H53F3NO4P. The molecule has 1 aromatic carbocycles. The standard InChI is InChI=1S/C32H53F3NO4P/c1-23(2)12-11-13-24(3)17-19-38-28-15-14-26(20-27(28)32(33,34)35)16-18-31(21-39-25(4)36-31)22-40-41(37,29(5,6)7)30(8,9)10/h14-15,20,23-24H,11-13,16-19,21-22H2,1-10H3/t24-,31?/m1/s1. The number of hydrogen-bond acceptors (Lipinski definition) is 5. The molecule has 1 aliphatic rings. The van der Waals surface area contributed by atoms with Crippen molar-refractivity contribution in [2.24, 2.45) is 16.8 Å². The highest BCUT2D eigenvalue weighted by atomic mass is 31.2. The summed E-state index contributed by atoms with van der Waals surface area (Å²) in [5.41, 5.74) is -1.06. The second kappa shape index (κ2) is 13.8. The molecule has 0 fully saturated rings. The van der Waals surface area contributed by atoms with Crippen LogP contribution in [0, 0.1) is 11.8 Å². The van der Waals surface area contributed by atoms with Crippen LogP contribution in [0.15, 0.2) is 23.2 Å². The zero-order chi connectivity index (χ0) is 31.3. The van der Waals surface area contributed by atoms with E-state index in [9.17, 15) is 17.7 Å². The fourth-order valence-corrected chi connectivity index (χ4v) is 8.57. The van der Waals surface area contributed by atoms with E-state index in [-0.39, 0.29) is 25.6 Å². The van der Waals surface area contributed by atoms with Gasteiger partial charge >= 0.3 is 6.18 Å². The van der Waals surface area contributed by atoms with Crippen LogP contribution in [0.1, 0.15) is 112 Å². The number of nitrogens with zero attached hydrogens (tertiary/aromatic N) is 1. The number of alkyl halides is 3. The number of aliphatic imine (C=N–C) groups is 1. The summed E-state index contributed by atoms with van der Waals surface area (Å²) in [6.07, 6.45) is 0.217. The Labute approximate surface area is 246 Å². The van der Waals surface area contributed by atoms with Crippen LogP contribution in [-0.4, -0.2) is 41.6 Å². The van der Waals surface area contributed by atoms with Crippen LogP contribution >= 0.6 is 7.37 Å². The van der Waals surface area contributed by atoms with Crippen LogP contribution in [0.25, 0.3) is 0 Å². The molecule has 236 valence electrons. The molecule has 0 aliphatic carbocycles. The fourth-order valence-electron chi connectivity index (χ4n) is 5.36. The Morgan fingerprint density at radius 2 is 1.66 bits per heavy atom. The first kappa shape index (κ1) is 35.7. The van der Waals surface area contributed by atoms with Gasteiger partial charge in [0.1, 0.15) is 17.9 Å². The number of aryl methyl sites for hydroxylation is 1. The second-order valence-electron chi connectivity index (χ2n) is 14.2. The maximum atomic E-state index is 14.1. The average molecular weight is 604 g/mol. The Bertz CT molecular complexity index is 1050. The van der Waals surface area contributed by atoms with Gasteiger partial charge < -0.3 is 14.0 Å². The van der Waals surface area contributed by atoms with Gasteiger partial charge in [0.05, 0.1) is 18.8 Å². The summed E-state index contributed by atoms with van der Waals surface area (Å²) >= 11 is 0. The predicted molar refractivity (Wildman–Crippen MR) is 163 cm³/mol. The Balaban J connectivity index is 2.15. The van der Waals surface area contributed by atoms with Gasteiger partial charge in [0.25, 0.3) is 0 Å². The Morgan fingerprint density at radius 1 is 1.02 bits per heavy atom. The predicted octanol–water partition coefficient (Wildman–Crippen LogP) is 9.95. The first-order valence-electron chi connectivity index (χ1n) is 15.0. The van der Waals surface area contributed by atoms with Crippen molar-refractivity contribution in [2.45, 2.75) is 130 Å². The van der Waals surface area contributed by atoms with E-state index in [1.807, 2.05) is 41.5 Å². The van der Waals surface area contributed by atoms with Gasteiger partial charge in [-0.2, -0.15) is 13.2 Å². The van der Waals surface area contributed by atoms with E-state index in [1.165, 1.54) is 12.1 Å². The van der Waals surface area contributed by atoms with Crippen molar-refractivity contribution in [3.8, 4) is 5.75 Å². The topological polar surface area (TPSA) is 57.1 Å². The van der Waals surface area contributed by atoms with Gasteiger partial charge in [-0.1, -0.05) is 87.6 Å². The number of halogens is 3. The summed E-state index contributed by atoms with van der Waals surface area (Å²) in [6.45, 7) is 20.2. The van der Waals surface area contributed by atoms with Gasteiger partial charge in [-0.25, -0.2) is 4.99 Å². The lowest BCUT2D eigenvalue weighted by Gasteiger charge is -2.41. The summed E-state index contributed by atoms with van der Waals surface area (Å²) in [6, 6.07) is 4.29. The van der Waals surface area contributed by atoms with Gasteiger partial charge in [0, 0.05) is 17.2 Å². The van der Waals surface area contributed by atoms with E-state index in [2.05, 4.69) is 25.8 Å². The molecule has 0 N–H and O–H groups in total. The Kier molecular flexibility index (Phi) is 12.0. The molecule has 0 radical (unpaired) electrons. The minimum Gasteiger partial charge on any atom is -0.493 e. The highest BCUT2D eigenvalue weighted by Gasteiger charge is 2.50. The molecule has 1 unspecified atom stereocenters. The lowest BCUT2D eigenvalue weighted by molar-refractivity contribution is -0.139. The summed E-state index contributed by atoms with van der Waals surface area (Å²) in [4.78, 5) is 4.68. The highest BCUT2D eigenvalue weighted by molar-refractivity contribution is 7.62. The largest absolute Gasteiger partial charge is 0.493 e. The quantitative estimate of drug-likeness (QED) is 0.199. The third-order valence-electron chi connectivity index (χ3n) is 7.80. The van der Waals surface area contributed by atoms with Gasteiger partial charge in [-0.3, -0.25) is 4.57 Å². The van der Waals surface area contributed by atoms with Crippen LogP contribution in [0.4, 0.5) is 13.2 Å².